The lowest BCUT2D eigenvalue weighted by Crippen LogP contribution is -2.31. The molecular weight excluding hydrogens is 389 g/mol. The van der Waals surface area contributed by atoms with E-state index < -0.39 is 5.25 Å². The standard InChI is InChI=1S/C21H22FN5OS/c22-17-10-8-15(9-11-17)14-18-24-25-21(27(18)23)29-19(16-6-2-1-3-7-16)20(28)26-12-4-5-13-26/h1-3,6-11,19H,4-5,12-14,23H2/t19-/m1/s1. The number of carbonyl (C=O) groups is 1. The highest BCUT2D eigenvalue weighted by atomic mass is 32.2. The minimum absolute atomic E-state index is 0.0711. The Hall–Kier alpha value is -2.87. The van der Waals surface area contributed by atoms with Crippen LogP contribution in [0.1, 0.15) is 35.0 Å². The Kier molecular flexibility index (Phi) is 5.80. The van der Waals surface area contributed by atoms with Crippen LogP contribution >= 0.6 is 11.8 Å². The molecule has 6 nitrogen and oxygen atoms in total. The van der Waals surface area contributed by atoms with Crippen molar-refractivity contribution in [3.8, 4) is 0 Å². The number of hydrogen-bond donors (Lipinski definition) is 1. The topological polar surface area (TPSA) is 77.0 Å². The monoisotopic (exact) mass is 411 g/mol. The van der Waals surface area contributed by atoms with Crippen LogP contribution < -0.4 is 5.84 Å². The van der Waals surface area contributed by atoms with Crippen LogP contribution in [-0.2, 0) is 11.2 Å². The molecule has 2 heterocycles. The first-order chi connectivity index (χ1) is 14.1. The molecule has 0 bridgehead atoms. The van der Waals surface area contributed by atoms with Gasteiger partial charge in [-0.2, -0.15) is 0 Å². The smallest absolute Gasteiger partial charge is 0.240 e. The normalized spacial score (nSPS) is 14.9. The number of thioether (sulfide) groups is 1. The number of benzene rings is 2. The molecule has 1 atom stereocenters. The van der Waals surface area contributed by atoms with Gasteiger partial charge in [-0.25, -0.2) is 9.07 Å². The number of halogens is 1. The largest absolute Gasteiger partial charge is 0.341 e. The minimum Gasteiger partial charge on any atom is -0.341 e. The molecule has 0 unspecified atom stereocenters. The van der Waals surface area contributed by atoms with Gasteiger partial charge in [-0.3, -0.25) is 4.79 Å². The second kappa shape index (κ2) is 8.65. The maximum Gasteiger partial charge on any atom is 0.240 e. The van der Waals surface area contributed by atoms with Gasteiger partial charge in [-0.15, -0.1) is 10.2 Å². The van der Waals surface area contributed by atoms with Crippen LogP contribution in [-0.4, -0.2) is 38.8 Å². The molecule has 1 aromatic heterocycles. The Morgan fingerprint density at radius 2 is 1.76 bits per heavy atom. The van der Waals surface area contributed by atoms with E-state index in [-0.39, 0.29) is 11.7 Å². The predicted octanol–water partition coefficient (Wildman–Crippen LogP) is 3.18. The SMILES string of the molecule is Nn1c(Cc2ccc(F)cc2)nnc1S[C@@H](C(=O)N1CCCC1)c1ccccc1. The number of likely N-dealkylation sites (tertiary alicyclic amines) is 1. The summed E-state index contributed by atoms with van der Waals surface area (Å²) in [4.78, 5) is 15.1. The summed E-state index contributed by atoms with van der Waals surface area (Å²) in [6, 6.07) is 15.9. The first-order valence-electron chi connectivity index (χ1n) is 9.56. The molecule has 1 amide bonds. The van der Waals surface area contributed by atoms with Gasteiger partial charge in [0.25, 0.3) is 0 Å². The lowest BCUT2D eigenvalue weighted by Gasteiger charge is -2.22. The summed E-state index contributed by atoms with van der Waals surface area (Å²) in [6.07, 6.45) is 2.50. The zero-order chi connectivity index (χ0) is 20.2. The first kappa shape index (κ1) is 19.4. The summed E-state index contributed by atoms with van der Waals surface area (Å²) in [7, 11) is 0. The molecule has 2 N–H and O–H groups in total. The molecule has 150 valence electrons. The molecule has 1 fully saturated rings. The second-order valence-corrected chi connectivity index (χ2v) is 8.09. The highest BCUT2D eigenvalue weighted by Gasteiger charge is 2.30. The molecule has 0 saturated carbocycles. The predicted molar refractivity (Wildman–Crippen MR) is 110 cm³/mol. The van der Waals surface area contributed by atoms with E-state index in [2.05, 4.69) is 10.2 Å². The molecule has 0 spiro atoms. The van der Waals surface area contributed by atoms with Gasteiger partial charge >= 0.3 is 0 Å². The fourth-order valence-corrected chi connectivity index (χ4v) is 4.45. The molecule has 1 saturated heterocycles. The van der Waals surface area contributed by atoms with Crippen molar-refractivity contribution in [3.05, 3.63) is 77.4 Å². The lowest BCUT2D eigenvalue weighted by atomic mass is 10.1. The third-order valence-electron chi connectivity index (χ3n) is 4.98. The summed E-state index contributed by atoms with van der Waals surface area (Å²) in [5.41, 5.74) is 1.80. The zero-order valence-electron chi connectivity index (χ0n) is 15.9. The van der Waals surface area contributed by atoms with Crippen molar-refractivity contribution in [2.75, 3.05) is 18.9 Å². The number of nitrogen functional groups attached to an aromatic ring is 1. The molecule has 29 heavy (non-hydrogen) atoms. The minimum atomic E-state index is -0.431. The number of nitrogens with zero attached hydrogens (tertiary/aromatic N) is 4. The molecule has 1 aliphatic heterocycles. The quantitative estimate of drug-likeness (QED) is 0.498. The maximum absolute atomic E-state index is 13.2. The fraction of sp³-hybridized carbons (Fsp3) is 0.286. The fourth-order valence-electron chi connectivity index (χ4n) is 3.39. The Bertz CT molecular complexity index is 970. The van der Waals surface area contributed by atoms with Gasteiger partial charge in [0.2, 0.25) is 11.1 Å². The average Bonchev–Trinajstić information content (AvgIpc) is 3.39. The van der Waals surface area contributed by atoms with E-state index in [1.807, 2.05) is 35.2 Å². The van der Waals surface area contributed by atoms with Crippen LogP contribution in [0.2, 0.25) is 0 Å². The van der Waals surface area contributed by atoms with E-state index in [1.54, 1.807) is 12.1 Å². The molecule has 2 aromatic carbocycles. The highest BCUT2D eigenvalue weighted by molar-refractivity contribution is 8.00. The van der Waals surface area contributed by atoms with E-state index in [4.69, 9.17) is 5.84 Å². The van der Waals surface area contributed by atoms with Gasteiger partial charge in [0, 0.05) is 19.5 Å². The first-order valence-corrected chi connectivity index (χ1v) is 10.4. The summed E-state index contributed by atoms with van der Waals surface area (Å²) in [6.45, 7) is 1.57. The van der Waals surface area contributed by atoms with Gasteiger partial charge in [0.05, 0.1) is 0 Å². The van der Waals surface area contributed by atoms with Crippen LogP contribution in [0.3, 0.4) is 0 Å². The van der Waals surface area contributed by atoms with E-state index in [1.165, 1.54) is 28.6 Å². The van der Waals surface area contributed by atoms with Crippen LogP contribution in [0.15, 0.2) is 59.8 Å². The number of aromatic nitrogens is 3. The number of carbonyl (C=O) groups excluding carboxylic acids is 1. The van der Waals surface area contributed by atoms with E-state index in [0.29, 0.717) is 17.4 Å². The average molecular weight is 412 g/mol. The summed E-state index contributed by atoms with van der Waals surface area (Å²) < 4.78 is 14.5. The Morgan fingerprint density at radius 1 is 1.07 bits per heavy atom. The van der Waals surface area contributed by atoms with Crippen molar-refractivity contribution in [2.24, 2.45) is 0 Å². The lowest BCUT2D eigenvalue weighted by molar-refractivity contribution is -0.129. The molecule has 1 aliphatic rings. The number of amides is 1. The van der Waals surface area contributed by atoms with Gasteiger partial charge < -0.3 is 10.7 Å². The van der Waals surface area contributed by atoms with E-state index in [0.717, 1.165) is 37.1 Å². The van der Waals surface area contributed by atoms with Crippen LogP contribution in [0.5, 0.6) is 0 Å². The molecule has 4 rings (SSSR count). The molecule has 0 aliphatic carbocycles. The molecule has 0 radical (unpaired) electrons. The van der Waals surface area contributed by atoms with Gasteiger partial charge in [-0.05, 0) is 36.1 Å². The van der Waals surface area contributed by atoms with Crippen molar-refractivity contribution in [1.82, 2.24) is 19.8 Å². The third kappa shape index (κ3) is 4.42. The van der Waals surface area contributed by atoms with Crippen LogP contribution in [0.25, 0.3) is 0 Å². The number of nitrogens with two attached hydrogens (primary N) is 1. The van der Waals surface area contributed by atoms with Crippen molar-refractivity contribution < 1.29 is 9.18 Å². The highest BCUT2D eigenvalue weighted by Crippen LogP contribution is 2.36. The van der Waals surface area contributed by atoms with E-state index in [9.17, 15) is 9.18 Å². The van der Waals surface area contributed by atoms with Crippen molar-refractivity contribution in [2.45, 2.75) is 29.7 Å². The molecular formula is C21H22FN5OS. The van der Waals surface area contributed by atoms with Crippen LogP contribution in [0.4, 0.5) is 4.39 Å². The van der Waals surface area contributed by atoms with Crippen molar-refractivity contribution in [3.63, 3.8) is 0 Å². The van der Waals surface area contributed by atoms with Crippen LogP contribution in [0, 0.1) is 5.82 Å². The number of hydrogen-bond acceptors (Lipinski definition) is 5. The summed E-state index contributed by atoms with van der Waals surface area (Å²) >= 11 is 1.31. The Morgan fingerprint density at radius 3 is 2.45 bits per heavy atom. The van der Waals surface area contributed by atoms with Crippen molar-refractivity contribution in [1.29, 1.82) is 0 Å². The second-order valence-electron chi connectivity index (χ2n) is 7.01. The summed E-state index contributed by atoms with van der Waals surface area (Å²) in [5.74, 6) is 6.57. The van der Waals surface area contributed by atoms with Gasteiger partial charge in [0.1, 0.15) is 11.1 Å². The molecule has 3 aromatic rings. The van der Waals surface area contributed by atoms with E-state index >= 15 is 0 Å². The van der Waals surface area contributed by atoms with Gasteiger partial charge in [-0.1, -0.05) is 54.2 Å². The third-order valence-corrected chi connectivity index (χ3v) is 6.18. The number of rotatable bonds is 6. The maximum atomic E-state index is 13.2. The Balaban J connectivity index is 1.56. The molecule has 8 heteroatoms. The summed E-state index contributed by atoms with van der Waals surface area (Å²) in [5, 5.41) is 8.44. The Labute approximate surface area is 172 Å². The zero-order valence-corrected chi connectivity index (χ0v) is 16.7. The van der Waals surface area contributed by atoms with Gasteiger partial charge in [0.15, 0.2) is 5.82 Å². The van der Waals surface area contributed by atoms with Crippen molar-refractivity contribution >= 4 is 17.7 Å².